The summed E-state index contributed by atoms with van der Waals surface area (Å²) in [5.74, 6) is 2.22. The van der Waals surface area contributed by atoms with Gasteiger partial charge in [-0.2, -0.15) is 0 Å². The molecule has 1 rings (SSSR count). The lowest BCUT2D eigenvalue weighted by molar-refractivity contribution is -0.114. The van der Waals surface area contributed by atoms with Gasteiger partial charge in [0, 0.05) is 0 Å². The van der Waals surface area contributed by atoms with Crippen LogP contribution in [-0.2, 0) is 10.5 Å². The predicted octanol–water partition coefficient (Wildman–Crippen LogP) is 2.76. The highest BCUT2D eigenvalue weighted by atomic mass is 35.5. The van der Waals surface area contributed by atoms with Gasteiger partial charge in [0.1, 0.15) is 11.5 Å². The number of carbonyl (C=O) groups excluding carboxylic acids is 1. The topological polar surface area (TPSA) is 30.2 Å². The van der Waals surface area contributed by atoms with E-state index in [1.807, 2.05) is 6.07 Å². The van der Waals surface area contributed by atoms with Gasteiger partial charge >= 0.3 is 0 Å². The molecule has 0 spiro atoms. The minimum atomic E-state index is 0.178. The lowest BCUT2D eigenvalue weighted by Gasteiger charge is -1.93. The zero-order valence-corrected chi connectivity index (χ0v) is 8.24. The normalized spacial score (nSPS) is 10.2. The van der Waals surface area contributed by atoms with E-state index in [1.165, 1.54) is 11.8 Å². The second kappa shape index (κ2) is 4.58. The molecule has 12 heavy (non-hydrogen) atoms. The second-order valence-electron chi connectivity index (χ2n) is 2.40. The van der Waals surface area contributed by atoms with Crippen molar-refractivity contribution in [1.82, 2.24) is 0 Å². The lowest BCUT2D eigenvalue weighted by atomic mass is 10.5. The fourth-order valence-electron chi connectivity index (χ4n) is 0.725. The number of thioether (sulfide) groups is 1. The highest BCUT2D eigenvalue weighted by Crippen LogP contribution is 2.18. The SMILES string of the molecule is CC(=O)CSCc1ccc(Cl)o1. The molecule has 0 aromatic carbocycles. The summed E-state index contributed by atoms with van der Waals surface area (Å²) in [4.78, 5) is 10.6. The fourth-order valence-corrected chi connectivity index (χ4v) is 1.63. The molecule has 0 saturated heterocycles. The predicted molar refractivity (Wildman–Crippen MR) is 50.6 cm³/mol. The number of furan rings is 1. The molecule has 0 aliphatic heterocycles. The van der Waals surface area contributed by atoms with Crippen molar-refractivity contribution in [3.8, 4) is 0 Å². The van der Waals surface area contributed by atoms with Crippen LogP contribution in [0.1, 0.15) is 12.7 Å². The number of halogens is 1. The van der Waals surface area contributed by atoms with Gasteiger partial charge in [0.05, 0.1) is 11.5 Å². The summed E-state index contributed by atoms with van der Waals surface area (Å²) in [5, 5.41) is 0.397. The highest BCUT2D eigenvalue weighted by molar-refractivity contribution is 7.99. The zero-order chi connectivity index (χ0) is 8.97. The standard InChI is InChI=1S/C8H9ClO2S/c1-6(10)4-12-5-7-2-3-8(9)11-7/h2-3H,4-5H2,1H3. The summed E-state index contributed by atoms with van der Waals surface area (Å²) in [6, 6.07) is 3.51. The van der Waals surface area contributed by atoms with Gasteiger partial charge in [0.25, 0.3) is 0 Å². The Morgan fingerprint density at radius 1 is 1.67 bits per heavy atom. The van der Waals surface area contributed by atoms with Crippen LogP contribution in [-0.4, -0.2) is 11.5 Å². The van der Waals surface area contributed by atoms with Crippen LogP contribution in [0, 0.1) is 0 Å². The molecule has 0 bridgehead atoms. The lowest BCUT2D eigenvalue weighted by Crippen LogP contribution is -1.93. The van der Waals surface area contributed by atoms with Gasteiger partial charge in [0.15, 0.2) is 5.22 Å². The first kappa shape index (κ1) is 9.68. The summed E-state index contributed by atoms with van der Waals surface area (Å²) in [7, 11) is 0. The number of ketones is 1. The first-order valence-electron chi connectivity index (χ1n) is 3.50. The van der Waals surface area contributed by atoms with Crippen molar-refractivity contribution in [3.63, 3.8) is 0 Å². The van der Waals surface area contributed by atoms with Crippen molar-refractivity contribution in [3.05, 3.63) is 23.1 Å². The van der Waals surface area contributed by atoms with Crippen molar-refractivity contribution in [2.24, 2.45) is 0 Å². The van der Waals surface area contributed by atoms with Crippen molar-refractivity contribution in [1.29, 1.82) is 0 Å². The van der Waals surface area contributed by atoms with Crippen LogP contribution in [0.2, 0.25) is 5.22 Å². The van der Waals surface area contributed by atoms with E-state index in [1.54, 1.807) is 13.0 Å². The summed E-state index contributed by atoms with van der Waals surface area (Å²) in [6.45, 7) is 1.57. The van der Waals surface area contributed by atoms with E-state index < -0.39 is 0 Å². The van der Waals surface area contributed by atoms with Crippen molar-refractivity contribution >= 4 is 29.1 Å². The molecule has 0 unspecified atom stereocenters. The molecule has 2 nitrogen and oxygen atoms in total. The molecule has 0 fully saturated rings. The van der Waals surface area contributed by atoms with Gasteiger partial charge in [-0.3, -0.25) is 4.79 Å². The maximum Gasteiger partial charge on any atom is 0.193 e. The molecule has 0 aliphatic carbocycles. The molecular weight excluding hydrogens is 196 g/mol. The van der Waals surface area contributed by atoms with Crippen LogP contribution in [0.3, 0.4) is 0 Å². The number of hydrogen-bond acceptors (Lipinski definition) is 3. The average Bonchev–Trinajstić information content (AvgIpc) is 2.35. The monoisotopic (exact) mass is 204 g/mol. The van der Waals surface area contributed by atoms with Crippen LogP contribution in [0.5, 0.6) is 0 Å². The Hall–Kier alpha value is -0.410. The van der Waals surface area contributed by atoms with E-state index in [-0.39, 0.29) is 5.78 Å². The number of hydrogen-bond donors (Lipinski definition) is 0. The molecule has 1 aromatic rings. The minimum Gasteiger partial charge on any atom is -0.449 e. The molecule has 0 radical (unpaired) electrons. The molecule has 0 aliphatic rings. The molecule has 4 heteroatoms. The van der Waals surface area contributed by atoms with Crippen LogP contribution in [0.15, 0.2) is 16.5 Å². The van der Waals surface area contributed by atoms with E-state index in [4.69, 9.17) is 16.0 Å². The Labute approximate surface area is 80.3 Å². The van der Waals surface area contributed by atoms with E-state index >= 15 is 0 Å². The van der Waals surface area contributed by atoms with E-state index in [2.05, 4.69) is 0 Å². The summed E-state index contributed by atoms with van der Waals surface area (Å²) >= 11 is 7.08. The zero-order valence-electron chi connectivity index (χ0n) is 6.67. The first-order chi connectivity index (χ1) is 5.68. The first-order valence-corrected chi connectivity index (χ1v) is 5.03. The third-order valence-corrected chi connectivity index (χ3v) is 2.48. The van der Waals surface area contributed by atoms with Crippen molar-refractivity contribution in [2.75, 3.05) is 5.75 Å². The Bertz CT molecular complexity index is 270. The molecule has 1 aromatic heterocycles. The van der Waals surface area contributed by atoms with Gasteiger partial charge in [-0.05, 0) is 30.7 Å². The molecule has 0 N–H and O–H groups in total. The minimum absolute atomic E-state index is 0.178. The second-order valence-corrected chi connectivity index (χ2v) is 3.76. The molecule has 1 heterocycles. The van der Waals surface area contributed by atoms with E-state index in [0.29, 0.717) is 16.7 Å². The van der Waals surface area contributed by atoms with Gasteiger partial charge < -0.3 is 4.42 Å². The van der Waals surface area contributed by atoms with E-state index in [0.717, 1.165) is 5.76 Å². The average molecular weight is 205 g/mol. The quantitative estimate of drug-likeness (QED) is 0.756. The maximum absolute atomic E-state index is 10.6. The number of Topliss-reactive ketones (excluding diaryl/α,β-unsaturated/α-hetero) is 1. The van der Waals surface area contributed by atoms with E-state index in [9.17, 15) is 4.79 Å². The van der Waals surface area contributed by atoms with Gasteiger partial charge in [-0.1, -0.05) is 0 Å². The Balaban J connectivity index is 2.29. The van der Waals surface area contributed by atoms with Gasteiger partial charge in [0.2, 0.25) is 0 Å². The Morgan fingerprint density at radius 3 is 2.92 bits per heavy atom. The van der Waals surface area contributed by atoms with Crippen LogP contribution >= 0.6 is 23.4 Å². The third kappa shape index (κ3) is 3.32. The molecule has 66 valence electrons. The van der Waals surface area contributed by atoms with Crippen LogP contribution in [0.25, 0.3) is 0 Å². The molecule has 0 atom stereocenters. The van der Waals surface area contributed by atoms with Crippen molar-refractivity contribution < 1.29 is 9.21 Å². The molecule has 0 amide bonds. The number of rotatable bonds is 4. The van der Waals surface area contributed by atoms with Crippen LogP contribution < -0.4 is 0 Å². The largest absolute Gasteiger partial charge is 0.449 e. The van der Waals surface area contributed by atoms with Gasteiger partial charge in [-0.25, -0.2) is 0 Å². The number of carbonyl (C=O) groups is 1. The fraction of sp³-hybridized carbons (Fsp3) is 0.375. The summed E-state index contributed by atoms with van der Waals surface area (Å²) < 4.78 is 5.10. The summed E-state index contributed by atoms with van der Waals surface area (Å²) in [6.07, 6.45) is 0. The highest BCUT2D eigenvalue weighted by Gasteiger charge is 2.00. The van der Waals surface area contributed by atoms with Crippen molar-refractivity contribution in [2.45, 2.75) is 12.7 Å². The van der Waals surface area contributed by atoms with Gasteiger partial charge in [-0.15, -0.1) is 11.8 Å². The summed E-state index contributed by atoms with van der Waals surface area (Å²) in [5.41, 5.74) is 0. The third-order valence-electron chi connectivity index (χ3n) is 1.18. The molecular formula is C8H9ClO2S. The molecule has 0 saturated carbocycles. The maximum atomic E-state index is 10.6. The smallest absolute Gasteiger partial charge is 0.193 e. The Morgan fingerprint density at radius 2 is 2.42 bits per heavy atom. The Kier molecular flexibility index (Phi) is 3.69. The van der Waals surface area contributed by atoms with Crippen LogP contribution in [0.4, 0.5) is 0 Å².